The molecule has 1 aliphatic rings. The summed E-state index contributed by atoms with van der Waals surface area (Å²) >= 11 is 0. The Labute approximate surface area is 111 Å². The molecule has 2 nitrogen and oxygen atoms in total. The number of nitrogens with two attached hydrogens (primary N) is 1. The molecule has 1 heterocycles. The average Bonchev–Trinajstić information content (AvgIpc) is 2.27. The van der Waals surface area contributed by atoms with Crippen LogP contribution >= 0.6 is 12.4 Å². The number of piperidine rings is 1. The van der Waals surface area contributed by atoms with Crippen molar-refractivity contribution in [2.45, 2.75) is 32.9 Å². The molecule has 2 rings (SSSR count). The molecule has 2 atom stereocenters. The van der Waals surface area contributed by atoms with Gasteiger partial charge >= 0.3 is 0 Å². The first-order chi connectivity index (χ1) is 7.66. The zero-order chi connectivity index (χ0) is 11.5. The summed E-state index contributed by atoms with van der Waals surface area (Å²) in [7, 11) is 0. The Hall–Kier alpha value is -0.570. The highest BCUT2D eigenvalue weighted by atomic mass is 35.5. The third-order valence-corrected chi connectivity index (χ3v) is 3.71. The topological polar surface area (TPSA) is 29.3 Å². The number of halogens is 1. The van der Waals surface area contributed by atoms with Gasteiger partial charge < -0.3 is 5.73 Å². The zero-order valence-electron chi connectivity index (χ0n) is 10.7. The summed E-state index contributed by atoms with van der Waals surface area (Å²) in [4.78, 5) is 2.52. The lowest BCUT2D eigenvalue weighted by Gasteiger charge is -2.35. The fraction of sp³-hybridized carbons (Fsp3) is 0.571. The normalized spacial score (nSPS) is 25.4. The lowest BCUT2D eigenvalue weighted by atomic mass is 9.94. The molecular weight excluding hydrogens is 232 g/mol. The van der Waals surface area contributed by atoms with Gasteiger partial charge in [0.1, 0.15) is 0 Å². The van der Waals surface area contributed by atoms with Gasteiger partial charge in [0.15, 0.2) is 0 Å². The largest absolute Gasteiger partial charge is 0.327 e. The van der Waals surface area contributed by atoms with Gasteiger partial charge in [0, 0.05) is 19.1 Å². The van der Waals surface area contributed by atoms with Crippen LogP contribution in [-0.4, -0.2) is 24.0 Å². The highest BCUT2D eigenvalue weighted by Gasteiger charge is 2.22. The molecule has 1 aliphatic heterocycles. The molecule has 3 heteroatoms. The smallest absolute Gasteiger partial charge is 0.0236 e. The zero-order valence-corrected chi connectivity index (χ0v) is 11.5. The molecule has 0 aromatic heterocycles. The van der Waals surface area contributed by atoms with Crippen molar-refractivity contribution in [3.63, 3.8) is 0 Å². The number of hydrogen-bond donors (Lipinski definition) is 1. The first kappa shape index (κ1) is 14.5. The minimum Gasteiger partial charge on any atom is -0.327 e. The van der Waals surface area contributed by atoms with E-state index >= 15 is 0 Å². The van der Waals surface area contributed by atoms with E-state index in [-0.39, 0.29) is 12.4 Å². The van der Waals surface area contributed by atoms with Crippen LogP contribution in [0.2, 0.25) is 0 Å². The summed E-state index contributed by atoms with van der Waals surface area (Å²) in [6.45, 7) is 7.79. The summed E-state index contributed by atoms with van der Waals surface area (Å²) in [5.41, 5.74) is 8.88. The second-order valence-corrected chi connectivity index (χ2v) is 5.09. The lowest BCUT2D eigenvalue weighted by Crippen LogP contribution is -2.45. The van der Waals surface area contributed by atoms with E-state index in [0.717, 1.165) is 26.1 Å². The van der Waals surface area contributed by atoms with Crippen LogP contribution in [0.5, 0.6) is 0 Å². The highest BCUT2D eigenvalue weighted by molar-refractivity contribution is 5.85. The molecule has 0 aliphatic carbocycles. The van der Waals surface area contributed by atoms with Crippen LogP contribution in [0.15, 0.2) is 24.3 Å². The lowest BCUT2D eigenvalue weighted by molar-refractivity contribution is 0.157. The van der Waals surface area contributed by atoms with Gasteiger partial charge in [-0.25, -0.2) is 0 Å². The van der Waals surface area contributed by atoms with Crippen molar-refractivity contribution in [1.29, 1.82) is 0 Å². The third-order valence-electron chi connectivity index (χ3n) is 3.71. The van der Waals surface area contributed by atoms with E-state index < -0.39 is 0 Å². The first-order valence-corrected chi connectivity index (χ1v) is 6.19. The Morgan fingerprint density at radius 1 is 1.35 bits per heavy atom. The van der Waals surface area contributed by atoms with Crippen LogP contribution in [-0.2, 0) is 6.54 Å². The maximum atomic E-state index is 6.04. The molecule has 17 heavy (non-hydrogen) atoms. The van der Waals surface area contributed by atoms with Crippen molar-refractivity contribution in [3.8, 4) is 0 Å². The Morgan fingerprint density at radius 3 is 2.71 bits per heavy atom. The van der Waals surface area contributed by atoms with E-state index in [4.69, 9.17) is 5.73 Å². The van der Waals surface area contributed by atoms with Crippen molar-refractivity contribution in [2.75, 3.05) is 13.1 Å². The minimum absolute atomic E-state index is 0. The molecule has 0 bridgehead atoms. The Kier molecular flexibility index (Phi) is 5.44. The van der Waals surface area contributed by atoms with Crippen LogP contribution in [0, 0.1) is 12.8 Å². The Morgan fingerprint density at radius 2 is 2.06 bits per heavy atom. The van der Waals surface area contributed by atoms with Crippen molar-refractivity contribution < 1.29 is 0 Å². The predicted molar refractivity (Wildman–Crippen MR) is 75.5 cm³/mol. The predicted octanol–water partition coefficient (Wildman–Crippen LogP) is 2.59. The molecule has 1 aromatic carbocycles. The molecule has 96 valence electrons. The molecule has 0 radical (unpaired) electrons. The van der Waals surface area contributed by atoms with E-state index in [9.17, 15) is 0 Å². The van der Waals surface area contributed by atoms with E-state index in [2.05, 4.69) is 43.0 Å². The number of rotatable bonds is 2. The van der Waals surface area contributed by atoms with Gasteiger partial charge in [-0.05, 0) is 36.9 Å². The fourth-order valence-electron chi connectivity index (χ4n) is 2.42. The average molecular weight is 255 g/mol. The van der Waals surface area contributed by atoms with Gasteiger partial charge in [0.2, 0.25) is 0 Å². The van der Waals surface area contributed by atoms with Gasteiger partial charge in [-0.3, -0.25) is 4.90 Å². The van der Waals surface area contributed by atoms with Gasteiger partial charge in [-0.2, -0.15) is 0 Å². The van der Waals surface area contributed by atoms with Crippen molar-refractivity contribution >= 4 is 12.4 Å². The maximum absolute atomic E-state index is 6.04. The van der Waals surface area contributed by atoms with Crippen LogP contribution in [0.1, 0.15) is 24.5 Å². The second kappa shape index (κ2) is 6.39. The molecule has 2 unspecified atom stereocenters. The van der Waals surface area contributed by atoms with Crippen LogP contribution in [0.25, 0.3) is 0 Å². The molecule has 1 saturated heterocycles. The number of hydrogen-bond acceptors (Lipinski definition) is 2. The summed E-state index contributed by atoms with van der Waals surface area (Å²) in [5, 5.41) is 0. The van der Waals surface area contributed by atoms with Gasteiger partial charge in [-0.15, -0.1) is 12.4 Å². The van der Waals surface area contributed by atoms with Crippen molar-refractivity contribution in [1.82, 2.24) is 4.90 Å². The van der Waals surface area contributed by atoms with Crippen LogP contribution in [0.4, 0.5) is 0 Å². The standard InChI is InChI=1S/C14H22N2.ClH/c1-11-5-3-4-6-13(11)10-16-8-7-14(15)12(2)9-16;/h3-6,12,14H,7-10,15H2,1-2H3;1H. The number of likely N-dealkylation sites (tertiary alicyclic amines) is 1. The van der Waals surface area contributed by atoms with E-state index in [0.29, 0.717) is 12.0 Å². The Balaban J connectivity index is 0.00000144. The van der Waals surface area contributed by atoms with Crippen LogP contribution < -0.4 is 5.73 Å². The third kappa shape index (κ3) is 3.70. The van der Waals surface area contributed by atoms with Crippen molar-refractivity contribution in [3.05, 3.63) is 35.4 Å². The SMILES string of the molecule is Cc1ccccc1CN1CCC(N)C(C)C1.Cl. The van der Waals surface area contributed by atoms with Gasteiger partial charge in [-0.1, -0.05) is 31.2 Å². The molecule has 1 aromatic rings. The highest BCUT2D eigenvalue weighted by Crippen LogP contribution is 2.18. The number of benzene rings is 1. The first-order valence-electron chi connectivity index (χ1n) is 6.19. The molecular formula is C14H23ClN2. The molecule has 0 saturated carbocycles. The molecule has 1 fully saturated rings. The van der Waals surface area contributed by atoms with Gasteiger partial charge in [0.25, 0.3) is 0 Å². The minimum atomic E-state index is 0. The number of nitrogens with zero attached hydrogens (tertiary/aromatic N) is 1. The number of aryl methyl sites for hydroxylation is 1. The molecule has 0 amide bonds. The maximum Gasteiger partial charge on any atom is 0.0236 e. The monoisotopic (exact) mass is 254 g/mol. The van der Waals surface area contributed by atoms with E-state index in [1.165, 1.54) is 11.1 Å². The molecule has 0 spiro atoms. The summed E-state index contributed by atoms with van der Waals surface area (Å²) in [6.07, 6.45) is 1.13. The quantitative estimate of drug-likeness (QED) is 0.879. The summed E-state index contributed by atoms with van der Waals surface area (Å²) < 4.78 is 0. The van der Waals surface area contributed by atoms with Crippen molar-refractivity contribution in [2.24, 2.45) is 11.7 Å². The van der Waals surface area contributed by atoms with Gasteiger partial charge in [0.05, 0.1) is 0 Å². The fourth-order valence-corrected chi connectivity index (χ4v) is 2.42. The van der Waals surface area contributed by atoms with E-state index in [1.54, 1.807) is 0 Å². The Bertz CT molecular complexity index is 354. The van der Waals surface area contributed by atoms with Crippen LogP contribution in [0.3, 0.4) is 0 Å². The molecule has 2 N–H and O–H groups in total. The summed E-state index contributed by atoms with van der Waals surface area (Å²) in [5.74, 6) is 0.623. The summed E-state index contributed by atoms with van der Waals surface area (Å²) in [6, 6.07) is 9.05. The van der Waals surface area contributed by atoms with E-state index in [1.807, 2.05) is 0 Å². The second-order valence-electron chi connectivity index (χ2n) is 5.09.